The van der Waals surface area contributed by atoms with Crippen molar-refractivity contribution in [2.75, 3.05) is 20.2 Å². The van der Waals surface area contributed by atoms with Gasteiger partial charge in [-0.2, -0.15) is 0 Å². The lowest BCUT2D eigenvalue weighted by atomic mass is 10.1. The average molecular weight is 252 g/mol. The summed E-state index contributed by atoms with van der Waals surface area (Å²) in [5, 5.41) is 12.9. The van der Waals surface area contributed by atoms with Gasteiger partial charge in [-0.25, -0.2) is 4.79 Å². The van der Waals surface area contributed by atoms with Crippen LogP contribution >= 0.6 is 0 Å². The Morgan fingerprint density at radius 2 is 1.89 bits per heavy atom. The van der Waals surface area contributed by atoms with Gasteiger partial charge in [0.25, 0.3) is 0 Å². The zero-order valence-electron chi connectivity index (χ0n) is 10.1. The molecule has 0 fully saturated rings. The Morgan fingerprint density at radius 3 is 2.44 bits per heavy atom. The quantitative estimate of drug-likeness (QED) is 0.692. The third-order valence-corrected chi connectivity index (χ3v) is 2.30. The van der Waals surface area contributed by atoms with Gasteiger partial charge >= 0.3 is 6.09 Å². The fourth-order valence-corrected chi connectivity index (χ4v) is 1.36. The molecule has 1 aromatic carbocycles. The van der Waals surface area contributed by atoms with Crippen molar-refractivity contribution >= 4 is 12.0 Å². The number of amides is 2. The summed E-state index contributed by atoms with van der Waals surface area (Å²) in [4.78, 5) is 21.3. The molecule has 1 rings (SSSR count). The number of methoxy groups -OCH3 is 1. The van der Waals surface area contributed by atoms with Crippen LogP contribution in [0.25, 0.3) is 0 Å². The molecular weight excluding hydrogens is 236 g/mol. The van der Waals surface area contributed by atoms with E-state index in [0.717, 1.165) is 11.3 Å². The van der Waals surface area contributed by atoms with Gasteiger partial charge in [0.2, 0.25) is 5.91 Å². The lowest BCUT2D eigenvalue weighted by Gasteiger charge is -2.06. The molecule has 0 unspecified atom stereocenters. The molecule has 0 atom stereocenters. The summed E-state index contributed by atoms with van der Waals surface area (Å²) in [5.41, 5.74) is 1.07. The molecule has 0 heterocycles. The second-order valence-electron chi connectivity index (χ2n) is 3.61. The van der Waals surface area contributed by atoms with E-state index in [1.807, 2.05) is 29.6 Å². The number of hydrogen-bond acceptors (Lipinski definition) is 3. The first-order chi connectivity index (χ1) is 8.61. The molecule has 0 spiro atoms. The summed E-state index contributed by atoms with van der Waals surface area (Å²) >= 11 is 0. The summed E-state index contributed by atoms with van der Waals surface area (Å²) in [6.07, 6.45) is -0.525. The fourth-order valence-electron chi connectivity index (χ4n) is 1.36. The van der Waals surface area contributed by atoms with Crippen LogP contribution in [0.4, 0.5) is 4.79 Å². The van der Waals surface area contributed by atoms with Crippen molar-refractivity contribution in [1.82, 2.24) is 10.6 Å². The predicted octanol–water partition coefficient (Wildman–Crippen LogP) is 0.621. The molecule has 3 N–H and O–H groups in total. The zero-order valence-corrected chi connectivity index (χ0v) is 10.1. The molecule has 0 aliphatic heterocycles. The van der Waals surface area contributed by atoms with Gasteiger partial charge in [-0.05, 0) is 24.1 Å². The van der Waals surface area contributed by atoms with E-state index in [4.69, 9.17) is 9.84 Å². The predicted molar refractivity (Wildman–Crippen MR) is 65.7 cm³/mol. The van der Waals surface area contributed by atoms with E-state index in [1.54, 1.807) is 7.11 Å². The molecule has 0 saturated carbocycles. The first kappa shape index (κ1) is 13.8. The van der Waals surface area contributed by atoms with Gasteiger partial charge in [-0.1, -0.05) is 12.1 Å². The van der Waals surface area contributed by atoms with Crippen LogP contribution in [0.3, 0.4) is 0 Å². The topological polar surface area (TPSA) is 87.7 Å². The van der Waals surface area contributed by atoms with Crippen LogP contribution in [0.15, 0.2) is 24.3 Å². The minimum atomic E-state index is -1.21. The summed E-state index contributed by atoms with van der Waals surface area (Å²) in [7, 11) is 1.60. The molecule has 18 heavy (non-hydrogen) atoms. The van der Waals surface area contributed by atoms with Crippen LogP contribution in [0.5, 0.6) is 5.75 Å². The molecule has 0 aliphatic rings. The second-order valence-corrected chi connectivity index (χ2v) is 3.61. The number of carboxylic acid groups (broad SMARTS) is 1. The average Bonchev–Trinajstić information content (AvgIpc) is 2.37. The van der Waals surface area contributed by atoms with Gasteiger partial charge in [0, 0.05) is 6.54 Å². The number of rotatable bonds is 6. The van der Waals surface area contributed by atoms with E-state index in [2.05, 4.69) is 5.32 Å². The Kier molecular flexibility index (Phi) is 5.50. The molecule has 98 valence electrons. The van der Waals surface area contributed by atoms with Crippen molar-refractivity contribution in [3.63, 3.8) is 0 Å². The van der Waals surface area contributed by atoms with Crippen LogP contribution < -0.4 is 15.4 Å². The maximum absolute atomic E-state index is 11.2. The zero-order chi connectivity index (χ0) is 13.4. The molecule has 2 amide bonds. The van der Waals surface area contributed by atoms with Crippen molar-refractivity contribution in [2.24, 2.45) is 0 Å². The maximum Gasteiger partial charge on any atom is 0.405 e. The molecule has 1 aromatic rings. The second kappa shape index (κ2) is 7.16. The Morgan fingerprint density at radius 1 is 1.22 bits per heavy atom. The Labute approximate surface area is 105 Å². The van der Waals surface area contributed by atoms with Gasteiger partial charge in [0.1, 0.15) is 5.75 Å². The first-order valence-corrected chi connectivity index (χ1v) is 5.48. The highest BCUT2D eigenvalue weighted by molar-refractivity contribution is 5.81. The van der Waals surface area contributed by atoms with Gasteiger partial charge in [0.05, 0.1) is 13.7 Å². The molecule has 0 radical (unpaired) electrons. The molecule has 0 aromatic heterocycles. The largest absolute Gasteiger partial charge is 0.497 e. The van der Waals surface area contributed by atoms with Crippen molar-refractivity contribution in [1.29, 1.82) is 0 Å². The van der Waals surface area contributed by atoms with E-state index in [1.165, 1.54) is 0 Å². The molecule has 6 heteroatoms. The van der Waals surface area contributed by atoms with Crippen molar-refractivity contribution in [3.8, 4) is 5.75 Å². The third-order valence-electron chi connectivity index (χ3n) is 2.30. The van der Waals surface area contributed by atoms with E-state index in [9.17, 15) is 9.59 Å². The summed E-state index contributed by atoms with van der Waals surface area (Å²) < 4.78 is 5.03. The number of carbonyl (C=O) groups is 2. The number of hydrogen-bond donors (Lipinski definition) is 3. The molecule has 0 aliphatic carbocycles. The monoisotopic (exact) mass is 252 g/mol. The molecular formula is C12H16N2O4. The first-order valence-electron chi connectivity index (χ1n) is 5.48. The van der Waals surface area contributed by atoms with E-state index >= 15 is 0 Å². The number of ether oxygens (including phenoxy) is 1. The van der Waals surface area contributed by atoms with Crippen molar-refractivity contribution < 1.29 is 19.4 Å². The van der Waals surface area contributed by atoms with Crippen LogP contribution in [0.1, 0.15) is 5.56 Å². The highest BCUT2D eigenvalue weighted by atomic mass is 16.5. The van der Waals surface area contributed by atoms with E-state index in [-0.39, 0.29) is 12.5 Å². The molecule has 6 nitrogen and oxygen atoms in total. The van der Waals surface area contributed by atoms with Gasteiger partial charge in [-0.15, -0.1) is 0 Å². The lowest BCUT2D eigenvalue weighted by Crippen LogP contribution is -2.37. The number of nitrogens with one attached hydrogen (secondary N) is 2. The minimum absolute atomic E-state index is 0.224. The van der Waals surface area contributed by atoms with Crippen LogP contribution in [-0.4, -0.2) is 37.3 Å². The Balaban J connectivity index is 2.24. The summed E-state index contributed by atoms with van der Waals surface area (Å²) in [5.74, 6) is 0.444. The molecule has 0 saturated heterocycles. The van der Waals surface area contributed by atoms with E-state index < -0.39 is 6.09 Å². The molecule has 0 bridgehead atoms. The number of benzene rings is 1. The van der Waals surface area contributed by atoms with Gasteiger partial charge in [0.15, 0.2) is 0 Å². The summed E-state index contributed by atoms with van der Waals surface area (Å²) in [6.45, 7) is 0.240. The summed E-state index contributed by atoms with van der Waals surface area (Å²) in [6, 6.07) is 7.53. The van der Waals surface area contributed by atoms with Crippen molar-refractivity contribution in [3.05, 3.63) is 29.8 Å². The maximum atomic E-state index is 11.2. The standard InChI is InChI=1S/C12H16N2O4/c1-18-10-4-2-9(3-5-10)6-7-13-11(15)8-14-12(16)17/h2-5,14H,6-8H2,1H3,(H,13,15)(H,16,17). The highest BCUT2D eigenvalue weighted by Gasteiger charge is 2.02. The van der Waals surface area contributed by atoms with Gasteiger partial charge in [-0.3, -0.25) is 4.79 Å². The minimum Gasteiger partial charge on any atom is -0.497 e. The third kappa shape index (κ3) is 5.20. The Hall–Kier alpha value is -2.24. The van der Waals surface area contributed by atoms with Crippen molar-refractivity contribution in [2.45, 2.75) is 6.42 Å². The van der Waals surface area contributed by atoms with Crippen LogP contribution in [0, 0.1) is 0 Å². The van der Waals surface area contributed by atoms with E-state index in [0.29, 0.717) is 13.0 Å². The highest BCUT2D eigenvalue weighted by Crippen LogP contribution is 2.11. The van der Waals surface area contributed by atoms with Crippen LogP contribution in [-0.2, 0) is 11.2 Å². The van der Waals surface area contributed by atoms with Crippen LogP contribution in [0.2, 0.25) is 0 Å². The number of carbonyl (C=O) groups excluding carboxylic acids is 1. The lowest BCUT2D eigenvalue weighted by molar-refractivity contribution is -0.120. The fraction of sp³-hybridized carbons (Fsp3) is 0.333. The smallest absolute Gasteiger partial charge is 0.405 e. The Bertz CT molecular complexity index is 403. The normalized spacial score (nSPS) is 9.61. The van der Waals surface area contributed by atoms with Gasteiger partial charge < -0.3 is 20.5 Å². The SMILES string of the molecule is COc1ccc(CCNC(=O)CNC(=O)O)cc1.